The average Bonchev–Trinajstić information content (AvgIpc) is 3.71. The van der Waals surface area contributed by atoms with E-state index in [9.17, 15) is 4.79 Å². The highest BCUT2D eigenvalue weighted by Gasteiger charge is 2.25. The third kappa shape index (κ3) is 7.02. The maximum Gasteiger partial charge on any atom is 0.317 e. The fraction of sp³-hybridized carbons (Fsp3) is 0.257. The van der Waals surface area contributed by atoms with Crippen LogP contribution in [0.3, 0.4) is 0 Å². The lowest BCUT2D eigenvalue weighted by Crippen LogP contribution is -2.48. The number of carbonyl (C=O) groups is 1. The number of thiophene rings is 1. The summed E-state index contributed by atoms with van der Waals surface area (Å²) in [5, 5.41) is 6.72. The average molecular weight is 668 g/mol. The van der Waals surface area contributed by atoms with Crippen molar-refractivity contribution in [1.29, 1.82) is 0 Å². The summed E-state index contributed by atoms with van der Waals surface area (Å²) in [5.74, 6) is 1.36. The van der Waals surface area contributed by atoms with Gasteiger partial charge in [0, 0.05) is 74.5 Å². The van der Waals surface area contributed by atoms with Gasteiger partial charge in [-0.2, -0.15) is 4.98 Å². The fourth-order valence-electron chi connectivity index (χ4n) is 5.76. The van der Waals surface area contributed by atoms with Gasteiger partial charge in [-0.1, -0.05) is 17.7 Å². The number of benzene rings is 2. The van der Waals surface area contributed by atoms with E-state index in [1.165, 1.54) is 5.56 Å². The van der Waals surface area contributed by atoms with Crippen LogP contribution in [0.5, 0.6) is 11.5 Å². The molecule has 0 atom stereocenters. The number of anilines is 2. The molecule has 0 unspecified atom stereocenters. The van der Waals surface area contributed by atoms with Crippen molar-refractivity contribution < 1.29 is 13.9 Å². The number of fused-ring (bicyclic) bond motifs is 2. The second-order valence-corrected chi connectivity index (χ2v) is 13.0. The van der Waals surface area contributed by atoms with Crippen molar-refractivity contribution >= 4 is 62.0 Å². The molecule has 0 saturated carbocycles. The number of oxazole rings is 1. The Morgan fingerprint density at radius 3 is 2.66 bits per heavy atom. The maximum absolute atomic E-state index is 12.2. The quantitative estimate of drug-likeness (QED) is 0.158. The highest BCUT2D eigenvalue weighted by atomic mass is 35.5. The van der Waals surface area contributed by atoms with Gasteiger partial charge >= 0.3 is 6.03 Å². The van der Waals surface area contributed by atoms with Gasteiger partial charge in [0.25, 0.3) is 6.01 Å². The van der Waals surface area contributed by atoms with Crippen molar-refractivity contribution in [2.45, 2.75) is 32.4 Å². The van der Waals surface area contributed by atoms with Crippen LogP contribution in [0.4, 0.5) is 16.5 Å². The molecule has 5 heterocycles. The van der Waals surface area contributed by atoms with Crippen LogP contribution in [0.2, 0.25) is 5.02 Å². The fourth-order valence-corrected chi connectivity index (χ4v) is 6.93. The molecule has 0 bridgehead atoms. The number of piperidine rings is 1. The molecule has 240 valence electrons. The molecule has 1 aliphatic rings. The predicted molar refractivity (Wildman–Crippen MR) is 187 cm³/mol. The van der Waals surface area contributed by atoms with Gasteiger partial charge in [-0.05, 0) is 73.9 Å². The Balaban J connectivity index is 1.00. The molecule has 4 aromatic heterocycles. The van der Waals surface area contributed by atoms with Gasteiger partial charge in [0.1, 0.15) is 17.0 Å². The number of ether oxygens (including phenoxy) is 1. The Morgan fingerprint density at radius 1 is 1.06 bits per heavy atom. The highest BCUT2D eigenvalue weighted by molar-refractivity contribution is 7.22. The number of hydrogen-bond acceptors (Lipinski definition) is 9. The number of nitrogens with one attached hydrogen (secondary N) is 2. The van der Waals surface area contributed by atoms with E-state index in [2.05, 4.69) is 43.7 Å². The minimum atomic E-state index is 0.00634. The van der Waals surface area contributed by atoms with E-state index >= 15 is 0 Å². The zero-order valence-electron chi connectivity index (χ0n) is 26.1. The van der Waals surface area contributed by atoms with E-state index in [1.807, 2.05) is 61.5 Å². The molecule has 2 aromatic carbocycles. The topological polar surface area (TPSA) is 109 Å². The van der Waals surface area contributed by atoms with Gasteiger partial charge in [0.05, 0.1) is 20.8 Å². The lowest BCUT2D eigenvalue weighted by atomic mass is 10.0. The number of urea groups is 1. The van der Waals surface area contributed by atoms with Crippen molar-refractivity contribution in [3.8, 4) is 22.1 Å². The highest BCUT2D eigenvalue weighted by Crippen LogP contribution is 2.39. The molecule has 1 saturated heterocycles. The largest absolute Gasteiger partial charge is 0.456 e. The van der Waals surface area contributed by atoms with Crippen LogP contribution in [0.15, 0.2) is 83.5 Å². The number of nitrogens with zero attached hydrogens (tertiary/aromatic N) is 5. The Hall–Kier alpha value is -4.71. The zero-order chi connectivity index (χ0) is 32.3. The smallest absolute Gasteiger partial charge is 0.317 e. The molecule has 0 radical (unpaired) electrons. The van der Waals surface area contributed by atoms with E-state index in [0.717, 1.165) is 59.0 Å². The molecule has 1 fully saturated rings. The van der Waals surface area contributed by atoms with Crippen LogP contribution < -0.4 is 15.4 Å². The Morgan fingerprint density at radius 2 is 1.89 bits per heavy atom. The number of pyridine rings is 2. The number of carbonyl (C=O) groups excluding carboxylic acids is 1. The molecule has 1 aliphatic heterocycles. The third-order valence-electron chi connectivity index (χ3n) is 8.29. The monoisotopic (exact) mass is 667 g/mol. The predicted octanol–water partition coefficient (Wildman–Crippen LogP) is 8.31. The molecular weight excluding hydrogens is 634 g/mol. The Labute approximate surface area is 281 Å². The number of hydrogen-bond donors (Lipinski definition) is 2. The molecule has 12 heteroatoms. The van der Waals surface area contributed by atoms with E-state index < -0.39 is 0 Å². The van der Waals surface area contributed by atoms with Crippen LogP contribution in [-0.2, 0) is 6.54 Å². The van der Waals surface area contributed by atoms with E-state index in [0.29, 0.717) is 40.2 Å². The Kier molecular flexibility index (Phi) is 8.92. The first-order valence-corrected chi connectivity index (χ1v) is 16.8. The first-order valence-electron chi connectivity index (χ1n) is 15.6. The summed E-state index contributed by atoms with van der Waals surface area (Å²) in [6, 6.07) is 21.7. The number of amides is 2. The van der Waals surface area contributed by atoms with Crippen molar-refractivity contribution in [3.63, 3.8) is 0 Å². The van der Waals surface area contributed by atoms with Gasteiger partial charge < -0.3 is 24.7 Å². The normalized spacial score (nSPS) is 14.0. The number of halogens is 1. The van der Waals surface area contributed by atoms with Crippen LogP contribution >= 0.6 is 22.9 Å². The molecule has 7 rings (SSSR count). The SMILES string of the molecule is CCNC(=O)N(C)C1CCN(Cc2ccc(-c3cc4nccc(Oc5ccc6oc(Nc7ccc(Cl)cc7)nc6c5)c4s3)nc2)CC1. The first kappa shape index (κ1) is 30.9. The summed E-state index contributed by atoms with van der Waals surface area (Å²) in [4.78, 5) is 31.5. The second-order valence-electron chi connectivity index (χ2n) is 11.5. The number of rotatable bonds is 9. The zero-order valence-corrected chi connectivity index (χ0v) is 27.6. The lowest BCUT2D eigenvalue weighted by Gasteiger charge is -2.36. The third-order valence-corrected chi connectivity index (χ3v) is 9.71. The van der Waals surface area contributed by atoms with Crippen LogP contribution in [-0.4, -0.2) is 63.5 Å². The molecule has 0 spiro atoms. The second kappa shape index (κ2) is 13.6. The first-order chi connectivity index (χ1) is 22.9. The molecule has 6 aromatic rings. The van der Waals surface area contributed by atoms with Gasteiger partial charge in [-0.3, -0.25) is 14.9 Å². The van der Waals surface area contributed by atoms with Crippen LogP contribution in [0.25, 0.3) is 31.9 Å². The molecule has 2 amide bonds. The molecule has 10 nitrogen and oxygen atoms in total. The van der Waals surface area contributed by atoms with Crippen molar-refractivity contribution in [1.82, 2.24) is 30.1 Å². The van der Waals surface area contributed by atoms with Crippen molar-refractivity contribution in [3.05, 3.63) is 89.7 Å². The van der Waals surface area contributed by atoms with E-state index in [4.69, 9.17) is 25.7 Å². The minimum Gasteiger partial charge on any atom is -0.456 e. The van der Waals surface area contributed by atoms with Gasteiger partial charge in [-0.15, -0.1) is 11.3 Å². The van der Waals surface area contributed by atoms with Gasteiger partial charge in [0.15, 0.2) is 5.58 Å². The summed E-state index contributed by atoms with van der Waals surface area (Å²) < 4.78 is 13.2. The summed E-state index contributed by atoms with van der Waals surface area (Å²) in [7, 11) is 1.89. The number of aromatic nitrogens is 3. The molecule has 0 aliphatic carbocycles. The van der Waals surface area contributed by atoms with E-state index in [1.54, 1.807) is 29.7 Å². The maximum atomic E-state index is 12.2. The van der Waals surface area contributed by atoms with Crippen molar-refractivity contribution in [2.75, 3.05) is 32.0 Å². The molecule has 2 N–H and O–H groups in total. The van der Waals surface area contributed by atoms with Gasteiger partial charge in [0.2, 0.25) is 0 Å². The molecular formula is C35H34ClN7O3S. The van der Waals surface area contributed by atoms with Crippen LogP contribution in [0.1, 0.15) is 25.3 Å². The number of likely N-dealkylation sites (tertiary alicyclic amines) is 1. The van der Waals surface area contributed by atoms with Gasteiger partial charge in [-0.25, -0.2) is 4.79 Å². The lowest BCUT2D eigenvalue weighted by molar-refractivity contribution is 0.131. The summed E-state index contributed by atoms with van der Waals surface area (Å²) in [5.41, 5.74) is 5.07. The summed E-state index contributed by atoms with van der Waals surface area (Å²) in [6.07, 6.45) is 5.64. The van der Waals surface area contributed by atoms with Crippen LogP contribution in [0, 0.1) is 0 Å². The van der Waals surface area contributed by atoms with Crippen molar-refractivity contribution in [2.24, 2.45) is 0 Å². The van der Waals surface area contributed by atoms with E-state index in [-0.39, 0.29) is 12.1 Å². The molecule has 47 heavy (non-hydrogen) atoms. The summed E-state index contributed by atoms with van der Waals surface area (Å²) >= 11 is 7.60. The summed E-state index contributed by atoms with van der Waals surface area (Å²) in [6.45, 7) is 5.33. The minimum absolute atomic E-state index is 0.00634. The Bertz CT molecular complexity index is 2000. The standard InChI is InChI=1S/C35H34ClN7O3S/c1-3-37-35(44)42(2)25-13-16-43(17-14-25)21-22-4-10-27(39-20-22)32-19-29-33(47-32)31(12-15-38-29)45-26-9-11-30-28(18-26)41-34(46-30)40-24-7-5-23(36)6-8-24/h4-12,15,18-20,25H,3,13-14,16-17,21H2,1-2H3,(H,37,44)(H,40,41).